The van der Waals surface area contributed by atoms with Crippen LogP contribution in [0, 0.1) is 0 Å². The van der Waals surface area contributed by atoms with Crippen molar-refractivity contribution < 1.29 is 5.11 Å². The van der Waals surface area contributed by atoms with Crippen molar-refractivity contribution in [3.63, 3.8) is 0 Å². The van der Waals surface area contributed by atoms with Crippen LogP contribution in [0.2, 0.25) is 5.02 Å². The van der Waals surface area contributed by atoms with E-state index in [1.54, 1.807) is 18.5 Å². The first-order valence-corrected chi connectivity index (χ1v) is 6.22. The van der Waals surface area contributed by atoms with Crippen LogP contribution >= 0.6 is 27.5 Å². The maximum Gasteiger partial charge on any atom is 0.0860 e. The highest BCUT2D eigenvalue weighted by molar-refractivity contribution is 9.10. The summed E-state index contributed by atoms with van der Waals surface area (Å²) < 4.78 is 0.915. The molecule has 0 aliphatic rings. The molecule has 0 amide bonds. The molecule has 88 valence electrons. The summed E-state index contributed by atoms with van der Waals surface area (Å²) >= 11 is 9.27. The summed E-state index contributed by atoms with van der Waals surface area (Å²) in [6, 6.07) is 5.47. The number of aliphatic hydroxyl groups is 1. The van der Waals surface area contributed by atoms with E-state index in [0.29, 0.717) is 17.0 Å². The largest absolute Gasteiger partial charge is 0.388 e. The quantitative estimate of drug-likeness (QED) is 0.946. The van der Waals surface area contributed by atoms with E-state index in [-0.39, 0.29) is 0 Å². The van der Waals surface area contributed by atoms with Crippen molar-refractivity contribution in [1.29, 1.82) is 0 Å². The van der Waals surface area contributed by atoms with Gasteiger partial charge in [-0.15, -0.1) is 0 Å². The lowest BCUT2D eigenvalue weighted by atomic mass is 10.1. The van der Waals surface area contributed by atoms with Crippen LogP contribution in [0.15, 0.2) is 41.3 Å². The molecule has 2 rings (SSSR count). The third-order valence-electron chi connectivity index (χ3n) is 2.35. The Kier molecular flexibility index (Phi) is 4.10. The standard InChI is InChI=1S/C12H10BrClN2O/c13-8-1-2-9(16-6-8)5-12(17)10-3-4-15-7-11(10)14/h1-4,6-7,12,17H,5H2. The topological polar surface area (TPSA) is 46.0 Å². The van der Waals surface area contributed by atoms with Crippen LogP contribution in [-0.4, -0.2) is 15.1 Å². The van der Waals surface area contributed by atoms with Crippen LogP contribution in [0.25, 0.3) is 0 Å². The predicted molar refractivity (Wildman–Crippen MR) is 69.8 cm³/mol. The Morgan fingerprint density at radius 2 is 2.12 bits per heavy atom. The highest BCUT2D eigenvalue weighted by Gasteiger charge is 2.12. The second-order valence-corrected chi connectivity index (χ2v) is 4.91. The van der Waals surface area contributed by atoms with Crippen LogP contribution in [0.3, 0.4) is 0 Å². The van der Waals surface area contributed by atoms with Crippen molar-refractivity contribution in [2.45, 2.75) is 12.5 Å². The molecule has 0 aliphatic heterocycles. The van der Waals surface area contributed by atoms with Crippen molar-refractivity contribution >= 4 is 27.5 Å². The number of pyridine rings is 2. The fraction of sp³-hybridized carbons (Fsp3) is 0.167. The number of aliphatic hydroxyl groups excluding tert-OH is 1. The molecule has 2 aromatic rings. The third kappa shape index (κ3) is 3.25. The number of hydrogen-bond donors (Lipinski definition) is 1. The van der Waals surface area contributed by atoms with E-state index < -0.39 is 6.10 Å². The highest BCUT2D eigenvalue weighted by atomic mass is 79.9. The van der Waals surface area contributed by atoms with E-state index in [4.69, 9.17) is 11.6 Å². The molecule has 0 spiro atoms. The maximum absolute atomic E-state index is 10.1. The molecule has 0 fully saturated rings. The summed E-state index contributed by atoms with van der Waals surface area (Å²) in [4.78, 5) is 8.09. The van der Waals surface area contributed by atoms with E-state index in [1.807, 2.05) is 12.1 Å². The van der Waals surface area contributed by atoms with Gasteiger partial charge in [0.15, 0.2) is 0 Å². The molecule has 0 saturated carbocycles. The van der Waals surface area contributed by atoms with E-state index in [2.05, 4.69) is 25.9 Å². The predicted octanol–water partition coefficient (Wildman–Crippen LogP) is 3.17. The van der Waals surface area contributed by atoms with Gasteiger partial charge in [-0.1, -0.05) is 11.6 Å². The molecule has 1 N–H and O–H groups in total. The highest BCUT2D eigenvalue weighted by Crippen LogP contribution is 2.24. The first-order valence-electron chi connectivity index (χ1n) is 5.04. The van der Waals surface area contributed by atoms with Gasteiger partial charge in [0.2, 0.25) is 0 Å². The molecule has 17 heavy (non-hydrogen) atoms. The van der Waals surface area contributed by atoms with Crippen LogP contribution in [0.5, 0.6) is 0 Å². The van der Waals surface area contributed by atoms with Gasteiger partial charge < -0.3 is 5.11 Å². The molecule has 5 heteroatoms. The number of aromatic nitrogens is 2. The lowest BCUT2D eigenvalue weighted by molar-refractivity contribution is 0.177. The molecule has 0 aliphatic carbocycles. The normalized spacial score (nSPS) is 12.4. The van der Waals surface area contributed by atoms with Gasteiger partial charge in [0, 0.05) is 40.7 Å². The molecule has 2 aromatic heterocycles. The number of hydrogen-bond acceptors (Lipinski definition) is 3. The summed E-state index contributed by atoms with van der Waals surface area (Å²) in [5.74, 6) is 0. The Balaban J connectivity index is 2.14. The van der Waals surface area contributed by atoms with Gasteiger partial charge in [-0.25, -0.2) is 0 Å². The minimum absolute atomic E-state index is 0.428. The van der Waals surface area contributed by atoms with Crippen molar-refractivity contribution in [1.82, 2.24) is 9.97 Å². The van der Waals surface area contributed by atoms with Crippen LogP contribution < -0.4 is 0 Å². The smallest absolute Gasteiger partial charge is 0.0860 e. The van der Waals surface area contributed by atoms with Gasteiger partial charge in [0.1, 0.15) is 0 Å². The zero-order chi connectivity index (χ0) is 12.3. The van der Waals surface area contributed by atoms with E-state index in [1.165, 1.54) is 6.20 Å². The second kappa shape index (κ2) is 5.58. The van der Waals surface area contributed by atoms with Crippen molar-refractivity contribution in [3.8, 4) is 0 Å². The summed E-state index contributed by atoms with van der Waals surface area (Å²) in [6.45, 7) is 0. The Morgan fingerprint density at radius 1 is 1.29 bits per heavy atom. The number of halogens is 2. The Labute approximate surface area is 113 Å². The molecule has 1 unspecified atom stereocenters. The molecular formula is C12H10BrClN2O. The molecule has 0 saturated heterocycles. The van der Waals surface area contributed by atoms with Gasteiger partial charge >= 0.3 is 0 Å². The summed E-state index contributed by atoms with van der Waals surface area (Å²) in [6.07, 6.45) is 4.60. The first-order chi connectivity index (χ1) is 8.16. The molecule has 0 aromatic carbocycles. The fourth-order valence-corrected chi connectivity index (χ4v) is 1.97. The minimum atomic E-state index is -0.667. The molecule has 2 heterocycles. The van der Waals surface area contributed by atoms with Gasteiger partial charge in [0.05, 0.1) is 11.1 Å². The minimum Gasteiger partial charge on any atom is -0.388 e. The average molecular weight is 314 g/mol. The molecular weight excluding hydrogens is 304 g/mol. The second-order valence-electron chi connectivity index (χ2n) is 3.58. The zero-order valence-electron chi connectivity index (χ0n) is 8.85. The summed E-state index contributed by atoms with van der Waals surface area (Å²) in [5.41, 5.74) is 1.49. The van der Waals surface area contributed by atoms with Gasteiger partial charge in [0.25, 0.3) is 0 Å². The monoisotopic (exact) mass is 312 g/mol. The Hall–Kier alpha value is -0.970. The molecule has 3 nitrogen and oxygen atoms in total. The van der Waals surface area contributed by atoms with Crippen LogP contribution in [-0.2, 0) is 6.42 Å². The third-order valence-corrected chi connectivity index (χ3v) is 3.14. The zero-order valence-corrected chi connectivity index (χ0v) is 11.2. The van der Waals surface area contributed by atoms with Crippen molar-refractivity contribution in [2.75, 3.05) is 0 Å². The Bertz CT molecular complexity index is 504. The Morgan fingerprint density at radius 3 is 2.76 bits per heavy atom. The van der Waals surface area contributed by atoms with Crippen molar-refractivity contribution in [2.24, 2.45) is 0 Å². The molecule has 0 radical (unpaired) electrons. The van der Waals surface area contributed by atoms with E-state index >= 15 is 0 Å². The molecule has 0 bridgehead atoms. The van der Waals surface area contributed by atoms with Gasteiger partial charge in [-0.2, -0.15) is 0 Å². The van der Waals surface area contributed by atoms with Crippen LogP contribution in [0.4, 0.5) is 0 Å². The maximum atomic E-state index is 10.1. The SMILES string of the molecule is OC(Cc1ccc(Br)cn1)c1ccncc1Cl. The van der Waals surface area contributed by atoms with Crippen LogP contribution in [0.1, 0.15) is 17.4 Å². The summed E-state index contributed by atoms with van der Waals surface area (Å²) in [5, 5.41) is 10.5. The molecule has 1 atom stereocenters. The van der Waals surface area contributed by atoms with Gasteiger partial charge in [-0.3, -0.25) is 9.97 Å². The first kappa shape index (κ1) is 12.5. The van der Waals surface area contributed by atoms with E-state index in [9.17, 15) is 5.11 Å². The number of nitrogens with zero attached hydrogens (tertiary/aromatic N) is 2. The summed E-state index contributed by atoms with van der Waals surface area (Å²) in [7, 11) is 0. The fourth-order valence-electron chi connectivity index (χ4n) is 1.49. The van der Waals surface area contributed by atoms with Crippen molar-refractivity contribution in [3.05, 3.63) is 57.5 Å². The average Bonchev–Trinajstić information content (AvgIpc) is 2.32. The van der Waals surface area contributed by atoms with Gasteiger partial charge in [-0.05, 0) is 34.1 Å². The van der Waals surface area contributed by atoms with E-state index in [0.717, 1.165) is 10.2 Å². The lowest BCUT2D eigenvalue weighted by Crippen LogP contribution is -2.04. The number of rotatable bonds is 3. The lowest BCUT2D eigenvalue weighted by Gasteiger charge is -2.11.